The van der Waals surface area contributed by atoms with E-state index < -0.39 is 4.92 Å². The molecule has 160 valence electrons. The van der Waals surface area contributed by atoms with Crippen LogP contribution in [-0.2, 0) is 0 Å². The number of urea groups is 1. The molecule has 2 aromatic carbocycles. The Kier molecular flexibility index (Phi) is 6.94. The number of aryl methyl sites for hydroxylation is 1. The van der Waals surface area contributed by atoms with Crippen LogP contribution in [-0.4, -0.2) is 48.0 Å². The minimum absolute atomic E-state index is 0.0189. The van der Waals surface area contributed by atoms with E-state index in [1.54, 1.807) is 12.1 Å². The van der Waals surface area contributed by atoms with Gasteiger partial charge in [0, 0.05) is 36.3 Å². The number of nitrogens with zero attached hydrogens (tertiary/aromatic N) is 3. The predicted octanol–water partition coefficient (Wildman–Crippen LogP) is 4.32. The summed E-state index contributed by atoms with van der Waals surface area (Å²) >= 11 is 0. The van der Waals surface area contributed by atoms with E-state index >= 15 is 0 Å². The van der Waals surface area contributed by atoms with Crippen molar-refractivity contribution in [2.75, 3.05) is 32.5 Å². The first-order chi connectivity index (χ1) is 14.8. The van der Waals surface area contributed by atoms with Gasteiger partial charge in [0.05, 0.1) is 22.0 Å². The van der Waals surface area contributed by atoms with Crippen molar-refractivity contribution >= 4 is 17.4 Å². The van der Waals surface area contributed by atoms with Gasteiger partial charge in [-0.3, -0.25) is 15.1 Å². The van der Waals surface area contributed by atoms with Crippen molar-refractivity contribution in [3.05, 3.63) is 76.5 Å². The van der Waals surface area contributed by atoms with E-state index in [0.29, 0.717) is 35.6 Å². The maximum absolute atomic E-state index is 12.5. The number of likely N-dealkylation sites (N-methyl/N-ethyl adjacent to an activating group) is 1. The second kappa shape index (κ2) is 9.82. The molecule has 0 unspecified atom stereocenters. The van der Waals surface area contributed by atoms with Crippen LogP contribution in [0, 0.1) is 17.0 Å². The fraction of sp³-hybridized carbons (Fsp3) is 0.217. The molecular formula is C23H25N5O3. The van der Waals surface area contributed by atoms with Crippen LogP contribution in [0.25, 0.3) is 22.4 Å². The van der Waals surface area contributed by atoms with Crippen molar-refractivity contribution in [3.8, 4) is 22.4 Å². The van der Waals surface area contributed by atoms with Gasteiger partial charge in [-0.15, -0.1) is 0 Å². The van der Waals surface area contributed by atoms with Gasteiger partial charge in [-0.1, -0.05) is 42.5 Å². The van der Waals surface area contributed by atoms with Crippen LogP contribution >= 0.6 is 0 Å². The zero-order chi connectivity index (χ0) is 22.4. The van der Waals surface area contributed by atoms with E-state index in [9.17, 15) is 14.9 Å². The SMILES string of the molecule is Cc1nc(-c2ccccc2)cc(-c2cccc([N+](=O)[O-])c2)c1NC(=O)NCCN(C)C. The summed E-state index contributed by atoms with van der Waals surface area (Å²) in [6.07, 6.45) is 0. The second-order valence-corrected chi connectivity index (χ2v) is 7.37. The highest BCUT2D eigenvalue weighted by atomic mass is 16.6. The average Bonchev–Trinajstić information content (AvgIpc) is 2.75. The van der Waals surface area contributed by atoms with Gasteiger partial charge >= 0.3 is 6.03 Å². The van der Waals surface area contributed by atoms with E-state index in [1.807, 2.05) is 62.3 Å². The highest BCUT2D eigenvalue weighted by molar-refractivity contribution is 5.96. The van der Waals surface area contributed by atoms with Gasteiger partial charge in [0.25, 0.3) is 5.69 Å². The number of nitro benzene ring substituents is 1. The molecule has 1 heterocycles. The van der Waals surface area contributed by atoms with Gasteiger partial charge in [-0.25, -0.2) is 4.79 Å². The van der Waals surface area contributed by atoms with E-state index in [0.717, 1.165) is 11.3 Å². The van der Waals surface area contributed by atoms with Crippen LogP contribution in [0.5, 0.6) is 0 Å². The highest BCUT2D eigenvalue weighted by Gasteiger charge is 2.17. The molecule has 0 saturated heterocycles. The highest BCUT2D eigenvalue weighted by Crippen LogP contribution is 2.35. The molecule has 0 aliphatic heterocycles. The van der Waals surface area contributed by atoms with Crippen molar-refractivity contribution < 1.29 is 9.72 Å². The van der Waals surface area contributed by atoms with E-state index in [1.165, 1.54) is 12.1 Å². The molecule has 0 radical (unpaired) electrons. The zero-order valence-electron chi connectivity index (χ0n) is 17.8. The summed E-state index contributed by atoms with van der Waals surface area (Å²) in [5.74, 6) is 0. The van der Waals surface area contributed by atoms with Gasteiger partial charge in [0.1, 0.15) is 0 Å². The number of benzene rings is 2. The van der Waals surface area contributed by atoms with Crippen LogP contribution < -0.4 is 10.6 Å². The number of aromatic nitrogens is 1. The number of pyridine rings is 1. The lowest BCUT2D eigenvalue weighted by Crippen LogP contribution is -2.34. The third-order valence-electron chi connectivity index (χ3n) is 4.72. The molecule has 2 N–H and O–H groups in total. The van der Waals surface area contributed by atoms with Crippen molar-refractivity contribution in [2.24, 2.45) is 0 Å². The van der Waals surface area contributed by atoms with Gasteiger partial charge < -0.3 is 15.5 Å². The van der Waals surface area contributed by atoms with Crippen LogP contribution in [0.2, 0.25) is 0 Å². The molecule has 3 rings (SSSR count). The standard InChI is InChI=1S/C23H25N5O3/c1-16-22(26-23(29)24-12-13-27(2)3)20(18-10-7-11-19(14-18)28(30)31)15-21(25-16)17-8-5-4-6-9-17/h4-11,14-15H,12-13H2,1-3H3,(H2,24,26,29). The smallest absolute Gasteiger partial charge is 0.319 e. The summed E-state index contributed by atoms with van der Waals surface area (Å²) in [6, 6.07) is 17.5. The third-order valence-corrected chi connectivity index (χ3v) is 4.72. The number of carbonyl (C=O) groups is 1. The monoisotopic (exact) mass is 419 g/mol. The lowest BCUT2D eigenvalue weighted by Gasteiger charge is -2.17. The van der Waals surface area contributed by atoms with Gasteiger partial charge in [0.2, 0.25) is 0 Å². The first-order valence-corrected chi connectivity index (χ1v) is 9.86. The maximum atomic E-state index is 12.5. The Balaban J connectivity index is 2.04. The number of hydrogen-bond donors (Lipinski definition) is 2. The van der Waals surface area contributed by atoms with Crippen LogP contribution in [0.1, 0.15) is 5.69 Å². The number of nitrogens with one attached hydrogen (secondary N) is 2. The van der Waals surface area contributed by atoms with Crippen molar-refractivity contribution in [1.82, 2.24) is 15.2 Å². The minimum Gasteiger partial charge on any atom is -0.337 e. The Labute approximate surface area is 181 Å². The lowest BCUT2D eigenvalue weighted by molar-refractivity contribution is -0.384. The molecule has 2 amide bonds. The van der Waals surface area contributed by atoms with Crippen LogP contribution in [0.15, 0.2) is 60.7 Å². The molecule has 0 aliphatic rings. The van der Waals surface area contributed by atoms with Crippen molar-refractivity contribution in [2.45, 2.75) is 6.92 Å². The summed E-state index contributed by atoms with van der Waals surface area (Å²) in [5.41, 5.74) is 4.04. The number of carbonyl (C=O) groups excluding carboxylic acids is 1. The topological polar surface area (TPSA) is 100 Å². The quantitative estimate of drug-likeness (QED) is 0.439. The number of amides is 2. The molecule has 3 aromatic rings. The van der Waals surface area contributed by atoms with Gasteiger partial charge in [-0.05, 0) is 32.6 Å². The summed E-state index contributed by atoms with van der Waals surface area (Å²) in [4.78, 5) is 30.0. The van der Waals surface area contributed by atoms with E-state index in [2.05, 4.69) is 15.6 Å². The molecule has 0 atom stereocenters. The first-order valence-electron chi connectivity index (χ1n) is 9.86. The fourth-order valence-electron chi connectivity index (χ4n) is 3.15. The number of anilines is 1. The zero-order valence-corrected chi connectivity index (χ0v) is 17.8. The molecular weight excluding hydrogens is 394 g/mol. The summed E-state index contributed by atoms with van der Waals surface area (Å²) < 4.78 is 0. The van der Waals surface area contributed by atoms with Gasteiger partial charge in [0.15, 0.2) is 0 Å². The molecule has 0 saturated carbocycles. The Morgan fingerprint density at radius 2 is 1.77 bits per heavy atom. The maximum Gasteiger partial charge on any atom is 0.319 e. The summed E-state index contributed by atoms with van der Waals surface area (Å²) in [5, 5.41) is 17.0. The third kappa shape index (κ3) is 5.64. The summed E-state index contributed by atoms with van der Waals surface area (Å²) in [7, 11) is 3.85. The van der Waals surface area contributed by atoms with E-state index in [-0.39, 0.29) is 11.7 Å². The number of rotatable bonds is 7. The molecule has 0 bridgehead atoms. The van der Waals surface area contributed by atoms with Crippen molar-refractivity contribution in [3.63, 3.8) is 0 Å². The minimum atomic E-state index is -0.434. The van der Waals surface area contributed by atoms with Gasteiger partial charge in [-0.2, -0.15) is 0 Å². The molecule has 0 spiro atoms. The molecule has 31 heavy (non-hydrogen) atoms. The first kappa shape index (κ1) is 21.9. The number of nitro groups is 1. The predicted molar refractivity (Wildman–Crippen MR) is 122 cm³/mol. The number of non-ortho nitro benzene ring substituents is 1. The van der Waals surface area contributed by atoms with Crippen LogP contribution in [0.4, 0.5) is 16.2 Å². The molecule has 1 aromatic heterocycles. The Bertz CT molecular complexity index is 1080. The largest absolute Gasteiger partial charge is 0.337 e. The Morgan fingerprint density at radius 1 is 1.06 bits per heavy atom. The summed E-state index contributed by atoms with van der Waals surface area (Å²) in [6.45, 7) is 3.00. The second-order valence-electron chi connectivity index (χ2n) is 7.37. The lowest BCUT2D eigenvalue weighted by atomic mass is 9.99. The molecule has 8 nitrogen and oxygen atoms in total. The van der Waals surface area contributed by atoms with E-state index in [4.69, 9.17) is 0 Å². The van der Waals surface area contributed by atoms with Crippen LogP contribution in [0.3, 0.4) is 0 Å². The Hall–Kier alpha value is -3.78. The van der Waals surface area contributed by atoms with Crippen molar-refractivity contribution in [1.29, 1.82) is 0 Å². The Morgan fingerprint density at radius 3 is 2.45 bits per heavy atom. The molecule has 8 heteroatoms. The average molecular weight is 419 g/mol. The molecule has 0 fully saturated rings. The molecule has 0 aliphatic carbocycles. The fourth-order valence-corrected chi connectivity index (χ4v) is 3.15. The number of hydrogen-bond acceptors (Lipinski definition) is 5. The normalized spacial score (nSPS) is 10.7.